The minimum Gasteiger partial charge on any atom is -0.338 e. The Labute approximate surface area is 99.9 Å². The number of imidazole rings is 1. The number of aromatic nitrogens is 2. The number of rotatable bonds is 1. The number of nitrogens with zero attached hydrogens (tertiary/aromatic N) is 1. The molecule has 17 heavy (non-hydrogen) atoms. The van der Waals surface area contributed by atoms with Crippen molar-refractivity contribution < 1.29 is 8.78 Å². The van der Waals surface area contributed by atoms with Crippen LogP contribution in [0.5, 0.6) is 0 Å². The number of fused-ring (bicyclic) bond motifs is 1. The van der Waals surface area contributed by atoms with Crippen molar-refractivity contribution in [1.82, 2.24) is 9.97 Å². The Bertz CT molecular complexity index is 661. The molecule has 0 unspecified atom stereocenters. The average molecular weight is 250 g/mol. The summed E-state index contributed by atoms with van der Waals surface area (Å²) in [5.41, 5.74) is 3.00. The first-order chi connectivity index (χ1) is 8.15. The molecule has 0 saturated carbocycles. The van der Waals surface area contributed by atoms with Gasteiger partial charge in [0.15, 0.2) is 11.6 Å². The molecule has 3 aromatic rings. The van der Waals surface area contributed by atoms with Crippen LogP contribution in [0.3, 0.4) is 0 Å². The maximum Gasteiger partial charge on any atom is 0.161 e. The van der Waals surface area contributed by atoms with Gasteiger partial charge in [-0.3, -0.25) is 0 Å². The van der Waals surface area contributed by atoms with Crippen molar-refractivity contribution in [3.63, 3.8) is 0 Å². The van der Waals surface area contributed by atoms with Crippen LogP contribution in [0, 0.1) is 18.6 Å². The van der Waals surface area contributed by atoms with Crippen molar-refractivity contribution in [3.8, 4) is 11.4 Å². The van der Waals surface area contributed by atoms with Crippen LogP contribution < -0.4 is 0 Å². The van der Waals surface area contributed by atoms with Crippen molar-refractivity contribution in [3.05, 3.63) is 40.1 Å². The normalized spacial score (nSPS) is 11.2. The summed E-state index contributed by atoms with van der Waals surface area (Å²) in [4.78, 5) is 7.26. The van der Waals surface area contributed by atoms with Gasteiger partial charge in [0.2, 0.25) is 0 Å². The lowest BCUT2D eigenvalue weighted by Gasteiger charge is -1.92. The van der Waals surface area contributed by atoms with E-state index in [9.17, 15) is 8.78 Å². The predicted molar refractivity (Wildman–Crippen MR) is 64.1 cm³/mol. The molecule has 3 rings (SSSR count). The summed E-state index contributed by atoms with van der Waals surface area (Å²) < 4.78 is 26.1. The highest BCUT2D eigenvalue weighted by atomic mass is 32.1. The van der Waals surface area contributed by atoms with Crippen molar-refractivity contribution in [2.75, 3.05) is 0 Å². The highest BCUT2D eigenvalue weighted by molar-refractivity contribution is 7.08. The lowest BCUT2D eigenvalue weighted by atomic mass is 10.2. The molecule has 0 aliphatic rings. The number of thiophene rings is 1. The second-order valence-corrected chi connectivity index (χ2v) is 4.58. The summed E-state index contributed by atoms with van der Waals surface area (Å²) in [5.74, 6) is -1.10. The van der Waals surface area contributed by atoms with Gasteiger partial charge in [-0.2, -0.15) is 11.3 Å². The SMILES string of the molecule is Cc1cscc1-c1nc2cc(F)c(F)cc2[nH]1. The first-order valence-corrected chi connectivity index (χ1v) is 5.97. The molecule has 0 aliphatic heterocycles. The quantitative estimate of drug-likeness (QED) is 0.697. The summed E-state index contributed by atoms with van der Waals surface area (Å²) in [6, 6.07) is 2.23. The Hall–Kier alpha value is -1.75. The van der Waals surface area contributed by atoms with Crippen molar-refractivity contribution in [2.45, 2.75) is 6.92 Å². The van der Waals surface area contributed by atoms with Gasteiger partial charge in [-0.1, -0.05) is 0 Å². The fourth-order valence-electron chi connectivity index (χ4n) is 1.74. The third-order valence-electron chi connectivity index (χ3n) is 2.63. The molecular formula is C12H8F2N2S. The van der Waals surface area contributed by atoms with E-state index >= 15 is 0 Å². The van der Waals surface area contributed by atoms with Gasteiger partial charge in [-0.25, -0.2) is 13.8 Å². The van der Waals surface area contributed by atoms with Crippen LogP contribution in [0.1, 0.15) is 5.56 Å². The Balaban J connectivity index is 2.24. The van der Waals surface area contributed by atoms with Crippen LogP contribution in [-0.4, -0.2) is 9.97 Å². The summed E-state index contributed by atoms with van der Waals surface area (Å²) in [6.07, 6.45) is 0. The maximum absolute atomic E-state index is 13.1. The molecule has 86 valence electrons. The predicted octanol–water partition coefficient (Wildman–Crippen LogP) is 3.88. The molecule has 0 bridgehead atoms. The molecule has 2 nitrogen and oxygen atoms in total. The van der Waals surface area contributed by atoms with E-state index in [1.165, 1.54) is 0 Å². The number of aromatic amines is 1. The van der Waals surface area contributed by atoms with Crippen molar-refractivity contribution in [2.24, 2.45) is 0 Å². The zero-order valence-electron chi connectivity index (χ0n) is 8.92. The smallest absolute Gasteiger partial charge is 0.161 e. The molecule has 0 atom stereocenters. The maximum atomic E-state index is 13.1. The van der Waals surface area contributed by atoms with Crippen molar-refractivity contribution in [1.29, 1.82) is 0 Å². The molecule has 2 aromatic heterocycles. The van der Waals surface area contributed by atoms with E-state index in [1.807, 2.05) is 17.7 Å². The van der Waals surface area contributed by atoms with E-state index < -0.39 is 11.6 Å². The Morgan fingerprint density at radius 2 is 1.94 bits per heavy atom. The van der Waals surface area contributed by atoms with Crippen molar-refractivity contribution >= 4 is 22.4 Å². The number of benzene rings is 1. The highest BCUT2D eigenvalue weighted by Gasteiger charge is 2.11. The molecule has 0 fully saturated rings. The number of H-pyrrole nitrogens is 1. The number of nitrogens with one attached hydrogen (secondary N) is 1. The molecule has 1 N–H and O–H groups in total. The average Bonchev–Trinajstić information content (AvgIpc) is 2.85. The number of aryl methyl sites for hydroxylation is 1. The standard InChI is InChI=1S/C12H8F2N2S/c1-6-4-17-5-7(6)12-15-10-2-8(13)9(14)3-11(10)16-12/h2-5H,1H3,(H,15,16). The molecule has 2 heterocycles. The Morgan fingerprint density at radius 1 is 1.18 bits per heavy atom. The van der Waals surface area contributed by atoms with Crippen LogP contribution in [-0.2, 0) is 0 Å². The molecule has 0 spiro atoms. The van der Waals surface area contributed by atoms with Gasteiger partial charge in [0.05, 0.1) is 11.0 Å². The third kappa shape index (κ3) is 1.63. The molecule has 0 aliphatic carbocycles. The third-order valence-corrected chi connectivity index (χ3v) is 3.50. The van der Waals surface area contributed by atoms with Crippen LogP contribution in [0.25, 0.3) is 22.4 Å². The number of hydrogen-bond donors (Lipinski definition) is 1. The van der Waals surface area contributed by atoms with E-state index in [1.54, 1.807) is 11.3 Å². The highest BCUT2D eigenvalue weighted by Crippen LogP contribution is 2.27. The zero-order chi connectivity index (χ0) is 12.0. The van der Waals surface area contributed by atoms with Gasteiger partial charge >= 0.3 is 0 Å². The molecule has 1 aromatic carbocycles. The van der Waals surface area contributed by atoms with Crippen LogP contribution >= 0.6 is 11.3 Å². The molecule has 0 radical (unpaired) electrons. The van der Waals surface area contributed by atoms with Gasteiger partial charge in [0, 0.05) is 23.1 Å². The minimum atomic E-state index is -0.877. The largest absolute Gasteiger partial charge is 0.338 e. The minimum absolute atomic E-state index is 0.435. The molecule has 0 amide bonds. The van der Waals surface area contributed by atoms with E-state index in [0.29, 0.717) is 16.9 Å². The monoisotopic (exact) mass is 250 g/mol. The number of hydrogen-bond acceptors (Lipinski definition) is 2. The topological polar surface area (TPSA) is 28.7 Å². The summed E-state index contributed by atoms with van der Waals surface area (Å²) >= 11 is 1.57. The fraction of sp³-hybridized carbons (Fsp3) is 0.0833. The lowest BCUT2D eigenvalue weighted by Crippen LogP contribution is -1.82. The summed E-state index contributed by atoms with van der Waals surface area (Å²) in [6.45, 7) is 1.97. The molecule has 0 saturated heterocycles. The van der Waals surface area contributed by atoms with Crippen LogP contribution in [0.2, 0.25) is 0 Å². The Kier molecular flexibility index (Phi) is 2.22. The molecule has 5 heteroatoms. The first-order valence-electron chi connectivity index (χ1n) is 5.03. The van der Waals surface area contributed by atoms with Gasteiger partial charge in [-0.15, -0.1) is 0 Å². The van der Waals surface area contributed by atoms with Gasteiger partial charge in [0.1, 0.15) is 5.82 Å². The Morgan fingerprint density at radius 3 is 2.65 bits per heavy atom. The lowest BCUT2D eigenvalue weighted by molar-refractivity contribution is 0.510. The van der Waals surface area contributed by atoms with E-state index in [4.69, 9.17) is 0 Å². The second kappa shape index (κ2) is 3.63. The first kappa shape index (κ1) is 10.4. The van der Waals surface area contributed by atoms with Gasteiger partial charge in [0.25, 0.3) is 0 Å². The van der Waals surface area contributed by atoms with Crippen LogP contribution in [0.4, 0.5) is 8.78 Å². The summed E-state index contributed by atoms with van der Waals surface area (Å²) in [5, 5.41) is 3.96. The number of halogens is 2. The van der Waals surface area contributed by atoms with Gasteiger partial charge in [-0.05, 0) is 17.9 Å². The molecular weight excluding hydrogens is 242 g/mol. The van der Waals surface area contributed by atoms with Crippen LogP contribution in [0.15, 0.2) is 22.9 Å². The van der Waals surface area contributed by atoms with Gasteiger partial charge < -0.3 is 4.98 Å². The van der Waals surface area contributed by atoms with E-state index in [-0.39, 0.29) is 0 Å². The van der Waals surface area contributed by atoms with E-state index in [2.05, 4.69) is 9.97 Å². The summed E-state index contributed by atoms with van der Waals surface area (Å²) in [7, 11) is 0. The fourth-order valence-corrected chi connectivity index (χ4v) is 2.57. The second-order valence-electron chi connectivity index (χ2n) is 3.84. The van der Waals surface area contributed by atoms with E-state index in [0.717, 1.165) is 23.3 Å². The zero-order valence-corrected chi connectivity index (χ0v) is 9.74.